The second-order valence-electron chi connectivity index (χ2n) is 7.36. The van der Waals surface area contributed by atoms with E-state index < -0.39 is 0 Å². The van der Waals surface area contributed by atoms with Crippen LogP contribution in [0.2, 0.25) is 0 Å². The number of nitrogens with zero attached hydrogens (tertiary/aromatic N) is 2. The molecule has 2 aromatic carbocycles. The van der Waals surface area contributed by atoms with Crippen LogP contribution in [0.5, 0.6) is 0 Å². The van der Waals surface area contributed by atoms with Crippen molar-refractivity contribution in [3.05, 3.63) is 65.0 Å². The second kappa shape index (κ2) is 5.45. The number of imidazole rings is 1. The summed E-state index contributed by atoms with van der Waals surface area (Å²) in [6.07, 6.45) is 4.92. The van der Waals surface area contributed by atoms with Crippen LogP contribution in [0.25, 0.3) is 11.0 Å². The third-order valence-electron chi connectivity index (χ3n) is 5.84. The van der Waals surface area contributed by atoms with Gasteiger partial charge in [0.05, 0.1) is 17.4 Å². The van der Waals surface area contributed by atoms with Crippen LogP contribution in [0.3, 0.4) is 0 Å². The molecule has 2 heterocycles. The highest BCUT2D eigenvalue weighted by Gasteiger charge is 2.40. The number of rotatable bonds is 1. The van der Waals surface area contributed by atoms with Gasteiger partial charge in [-0.1, -0.05) is 23.8 Å². The molecule has 0 bridgehead atoms. The third-order valence-corrected chi connectivity index (χ3v) is 5.84. The molecule has 2 atom stereocenters. The lowest BCUT2D eigenvalue weighted by Crippen LogP contribution is -2.46. The van der Waals surface area contributed by atoms with Crippen molar-refractivity contribution in [2.24, 2.45) is 0 Å². The van der Waals surface area contributed by atoms with Gasteiger partial charge in [0.2, 0.25) is 0 Å². The molecule has 3 aromatic rings. The maximum Gasteiger partial charge on any atom is 0.254 e. The van der Waals surface area contributed by atoms with E-state index in [0.29, 0.717) is 12.0 Å². The summed E-state index contributed by atoms with van der Waals surface area (Å²) in [7, 11) is 0. The van der Waals surface area contributed by atoms with Gasteiger partial charge in [-0.15, -0.1) is 0 Å². The number of hydrogen-bond donors (Lipinski definition) is 1. The summed E-state index contributed by atoms with van der Waals surface area (Å²) in [6, 6.07) is 12.8. The number of carbonyl (C=O) groups is 1. The summed E-state index contributed by atoms with van der Waals surface area (Å²) in [5.74, 6) is 0.638. The van der Waals surface area contributed by atoms with E-state index in [9.17, 15) is 4.79 Å². The molecule has 4 nitrogen and oxygen atoms in total. The number of nitrogens with one attached hydrogen (secondary N) is 1. The molecule has 25 heavy (non-hydrogen) atoms. The first-order valence-corrected chi connectivity index (χ1v) is 9.04. The second-order valence-corrected chi connectivity index (χ2v) is 7.36. The van der Waals surface area contributed by atoms with Crippen molar-refractivity contribution in [3.8, 4) is 0 Å². The fourth-order valence-electron chi connectivity index (χ4n) is 4.63. The van der Waals surface area contributed by atoms with Crippen LogP contribution >= 0.6 is 0 Å². The molecule has 1 aliphatic carbocycles. The number of piperidine rings is 1. The van der Waals surface area contributed by atoms with Crippen molar-refractivity contribution in [2.45, 2.75) is 38.1 Å². The van der Waals surface area contributed by atoms with Gasteiger partial charge in [-0.25, -0.2) is 4.98 Å². The number of fused-ring (bicyclic) bond motifs is 4. The lowest BCUT2D eigenvalue weighted by Gasteiger charge is -2.38. The molecule has 5 rings (SSSR count). The Hall–Kier alpha value is -2.62. The first-order valence-electron chi connectivity index (χ1n) is 9.04. The standard InChI is InChI=1S/C21H21N3O/c1-13-4-5-14-11-20-16(17(14)9-13)3-2-8-24(20)21(25)15-6-7-18-19(10-15)23-12-22-18/h4-7,9-10,12,16,20H,2-3,8,11H2,1H3,(H,22,23)/t16-,20+/m0/s1. The Morgan fingerprint density at radius 1 is 1.24 bits per heavy atom. The largest absolute Gasteiger partial charge is 0.345 e. The fraction of sp³-hybridized carbons (Fsp3) is 0.333. The molecule has 1 saturated heterocycles. The zero-order valence-electron chi connectivity index (χ0n) is 14.3. The van der Waals surface area contributed by atoms with Crippen molar-refractivity contribution >= 4 is 16.9 Å². The Labute approximate surface area is 146 Å². The van der Waals surface area contributed by atoms with Crippen molar-refractivity contribution in [1.82, 2.24) is 14.9 Å². The van der Waals surface area contributed by atoms with E-state index >= 15 is 0 Å². The van der Waals surface area contributed by atoms with Crippen LogP contribution < -0.4 is 0 Å². The summed E-state index contributed by atoms with van der Waals surface area (Å²) < 4.78 is 0. The molecule has 126 valence electrons. The van der Waals surface area contributed by atoms with E-state index in [2.05, 4.69) is 40.0 Å². The number of H-pyrrole nitrogens is 1. The number of carbonyl (C=O) groups excluding carboxylic acids is 1. The topological polar surface area (TPSA) is 49.0 Å². The zero-order valence-corrected chi connectivity index (χ0v) is 14.3. The molecule has 1 fully saturated rings. The van der Waals surface area contributed by atoms with Crippen LogP contribution in [0.1, 0.15) is 45.8 Å². The Kier molecular flexibility index (Phi) is 3.20. The summed E-state index contributed by atoms with van der Waals surface area (Å²) in [5, 5.41) is 0. The van der Waals surface area contributed by atoms with Gasteiger partial charge >= 0.3 is 0 Å². The minimum atomic E-state index is 0.149. The van der Waals surface area contributed by atoms with Crippen LogP contribution in [-0.4, -0.2) is 33.4 Å². The SMILES string of the molecule is Cc1ccc2c(c1)[C@@H]1CCCN(C(=O)c3ccc4nc[nH]c4c3)[C@@H]1C2. The van der Waals surface area contributed by atoms with Crippen molar-refractivity contribution in [3.63, 3.8) is 0 Å². The Morgan fingerprint density at radius 2 is 2.16 bits per heavy atom. The maximum absolute atomic E-state index is 13.2. The van der Waals surface area contributed by atoms with E-state index in [1.165, 1.54) is 23.1 Å². The van der Waals surface area contributed by atoms with Gasteiger partial charge in [-0.2, -0.15) is 0 Å². The van der Waals surface area contributed by atoms with Gasteiger partial charge in [0, 0.05) is 24.1 Å². The number of amides is 1. The molecule has 1 aromatic heterocycles. The highest BCUT2D eigenvalue weighted by molar-refractivity contribution is 5.97. The van der Waals surface area contributed by atoms with Gasteiger partial charge in [0.15, 0.2) is 0 Å². The van der Waals surface area contributed by atoms with Gasteiger partial charge in [0.25, 0.3) is 5.91 Å². The Morgan fingerprint density at radius 3 is 3.08 bits per heavy atom. The number of benzene rings is 2. The van der Waals surface area contributed by atoms with E-state index in [4.69, 9.17) is 0 Å². The summed E-state index contributed by atoms with van der Waals surface area (Å²) >= 11 is 0. The van der Waals surface area contributed by atoms with Crippen molar-refractivity contribution in [2.75, 3.05) is 6.54 Å². The summed E-state index contributed by atoms with van der Waals surface area (Å²) in [5.41, 5.74) is 6.77. The highest BCUT2D eigenvalue weighted by Crippen LogP contribution is 2.42. The van der Waals surface area contributed by atoms with Gasteiger partial charge < -0.3 is 9.88 Å². The molecule has 1 aliphatic heterocycles. The van der Waals surface area contributed by atoms with Crippen LogP contribution in [0.4, 0.5) is 0 Å². The van der Waals surface area contributed by atoms with Crippen molar-refractivity contribution in [1.29, 1.82) is 0 Å². The molecule has 0 saturated carbocycles. The minimum absolute atomic E-state index is 0.149. The monoisotopic (exact) mass is 331 g/mol. The lowest BCUT2D eigenvalue weighted by atomic mass is 9.88. The van der Waals surface area contributed by atoms with Crippen LogP contribution in [0.15, 0.2) is 42.7 Å². The number of aromatic nitrogens is 2. The zero-order chi connectivity index (χ0) is 17.0. The molecule has 0 spiro atoms. The number of likely N-dealkylation sites (tertiary alicyclic amines) is 1. The Bertz CT molecular complexity index is 974. The first kappa shape index (κ1) is 14.7. The Balaban J connectivity index is 1.48. The van der Waals surface area contributed by atoms with Gasteiger partial charge in [-0.05, 0) is 55.5 Å². The molecule has 0 unspecified atom stereocenters. The average Bonchev–Trinajstić information content (AvgIpc) is 3.24. The molecular formula is C21H21N3O. The lowest BCUT2D eigenvalue weighted by molar-refractivity contribution is 0.0595. The smallest absolute Gasteiger partial charge is 0.254 e. The van der Waals surface area contributed by atoms with Crippen LogP contribution in [-0.2, 0) is 6.42 Å². The minimum Gasteiger partial charge on any atom is -0.345 e. The van der Waals surface area contributed by atoms with Gasteiger partial charge in [-0.3, -0.25) is 4.79 Å². The highest BCUT2D eigenvalue weighted by atomic mass is 16.2. The first-order chi connectivity index (χ1) is 12.2. The van der Waals surface area contributed by atoms with Crippen LogP contribution in [0, 0.1) is 6.92 Å². The van der Waals surface area contributed by atoms with E-state index in [1.54, 1.807) is 6.33 Å². The predicted molar refractivity (Wildman–Crippen MR) is 97.8 cm³/mol. The molecule has 1 amide bonds. The predicted octanol–water partition coefficient (Wildman–Crippen LogP) is 3.82. The molecule has 2 aliphatic rings. The quantitative estimate of drug-likeness (QED) is 0.737. The molecule has 0 radical (unpaired) electrons. The number of aryl methyl sites for hydroxylation is 1. The van der Waals surface area contributed by atoms with Crippen molar-refractivity contribution < 1.29 is 4.79 Å². The molecular weight excluding hydrogens is 310 g/mol. The molecule has 4 heteroatoms. The average molecular weight is 331 g/mol. The van der Waals surface area contributed by atoms with E-state index in [-0.39, 0.29) is 5.91 Å². The van der Waals surface area contributed by atoms with E-state index in [0.717, 1.165) is 36.0 Å². The summed E-state index contributed by atoms with van der Waals surface area (Å²) in [4.78, 5) is 22.7. The fourth-order valence-corrected chi connectivity index (χ4v) is 4.63. The third kappa shape index (κ3) is 2.28. The summed E-state index contributed by atoms with van der Waals surface area (Å²) in [6.45, 7) is 3.01. The maximum atomic E-state index is 13.2. The molecule has 1 N–H and O–H groups in total. The van der Waals surface area contributed by atoms with Gasteiger partial charge in [0.1, 0.15) is 0 Å². The normalized spacial score (nSPS) is 22.0. The van der Waals surface area contributed by atoms with E-state index in [1.807, 2.05) is 18.2 Å². The number of hydrogen-bond acceptors (Lipinski definition) is 2. The number of aromatic amines is 1.